The Morgan fingerprint density at radius 1 is 0.820 bits per heavy atom. The van der Waals surface area contributed by atoms with Crippen molar-refractivity contribution in [3.63, 3.8) is 0 Å². The molecule has 20 nitrogen and oxygen atoms in total. The fourth-order valence-corrected chi connectivity index (χ4v) is 5.02. The van der Waals surface area contributed by atoms with Crippen LogP contribution in [-0.4, -0.2) is 117 Å². The van der Waals surface area contributed by atoms with E-state index in [1.165, 1.54) is 24.3 Å². The fraction of sp³-hybridized carbons (Fsp3) is 0.500. The summed E-state index contributed by atoms with van der Waals surface area (Å²) in [7, 11) is 0. The Bertz CT molecular complexity index is 1450. The third-order valence-electron chi connectivity index (χ3n) is 7.61. The predicted molar refractivity (Wildman–Crippen MR) is 170 cm³/mol. The molecule has 1 aromatic rings. The highest BCUT2D eigenvalue weighted by Crippen LogP contribution is 2.21. The van der Waals surface area contributed by atoms with E-state index in [-0.39, 0.29) is 44.4 Å². The van der Waals surface area contributed by atoms with Gasteiger partial charge in [-0.15, -0.1) is 0 Å². The standard InChI is InChI=1S/C30H42N8O12/c31-17(7-10-25(43)44)26(45)36-18(8-9-22(32)40)27(46)34-14-24(42)35-19(12-15-3-5-16(39)6-4-15)29(48)38-11-1-2-21(38)28(47)37-20(30(49)50)13-23(33)41/h3-6,17-21,39H,1-2,7-14,31H2,(H2,32,40)(H2,33,41)(H,34,46)(H,35,42)(H,36,45)(H,37,47)(H,43,44)(H,49,50)/t17-,18-,19-,20-,21-/m0/s1. The molecule has 1 saturated heterocycles. The molecule has 0 radical (unpaired) electrons. The quantitative estimate of drug-likeness (QED) is 0.0617. The lowest BCUT2D eigenvalue weighted by molar-refractivity contribution is -0.145. The molecule has 0 aliphatic carbocycles. The molecule has 0 aromatic heterocycles. The Labute approximate surface area is 285 Å². The first-order chi connectivity index (χ1) is 23.5. The van der Waals surface area contributed by atoms with Crippen molar-refractivity contribution in [2.45, 2.75) is 81.6 Å². The van der Waals surface area contributed by atoms with Crippen molar-refractivity contribution in [2.24, 2.45) is 17.2 Å². The van der Waals surface area contributed by atoms with E-state index in [1.807, 2.05) is 0 Å². The maximum Gasteiger partial charge on any atom is 0.326 e. The smallest absolute Gasteiger partial charge is 0.326 e. The molecule has 2 rings (SSSR count). The number of likely N-dealkylation sites (tertiary alicyclic amines) is 1. The van der Waals surface area contributed by atoms with E-state index in [9.17, 15) is 53.4 Å². The summed E-state index contributed by atoms with van der Waals surface area (Å²) in [6, 6.07) is -1.10. The number of hydrogen-bond donors (Lipinski definition) is 10. The van der Waals surface area contributed by atoms with Crippen molar-refractivity contribution in [2.75, 3.05) is 13.1 Å². The number of nitrogens with zero attached hydrogens (tertiary/aromatic N) is 1. The Kier molecular flexibility index (Phi) is 15.6. The van der Waals surface area contributed by atoms with Crippen LogP contribution in [0.3, 0.4) is 0 Å². The number of aromatic hydroxyl groups is 1. The van der Waals surface area contributed by atoms with Gasteiger partial charge in [-0.1, -0.05) is 12.1 Å². The second kappa shape index (κ2) is 19.3. The molecule has 50 heavy (non-hydrogen) atoms. The highest BCUT2D eigenvalue weighted by molar-refractivity contribution is 5.96. The number of nitrogens with two attached hydrogens (primary N) is 3. The summed E-state index contributed by atoms with van der Waals surface area (Å²) in [6.45, 7) is -0.650. The van der Waals surface area contributed by atoms with E-state index in [1.54, 1.807) is 0 Å². The summed E-state index contributed by atoms with van der Waals surface area (Å²) >= 11 is 0. The van der Waals surface area contributed by atoms with Gasteiger partial charge in [-0.2, -0.15) is 0 Å². The molecule has 0 saturated carbocycles. The maximum absolute atomic E-state index is 13.8. The highest BCUT2D eigenvalue weighted by atomic mass is 16.4. The third-order valence-corrected chi connectivity index (χ3v) is 7.61. The van der Waals surface area contributed by atoms with E-state index in [0.717, 1.165) is 4.90 Å². The van der Waals surface area contributed by atoms with Crippen LogP contribution in [0, 0.1) is 0 Å². The molecule has 20 heteroatoms. The van der Waals surface area contributed by atoms with Crippen molar-refractivity contribution >= 4 is 53.3 Å². The molecule has 1 aromatic carbocycles. The van der Waals surface area contributed by atoms with Crippen LogP contribution >= 0.6 is 0 Å². The number of carbonyl (C=O) groups is 9. The van der Waals surface area contributed by atoms with Gasteiger partial charge < -0.3 is 58.7 Å². The van der Waals surface area contributed by atoms with Crippen LogP contribution in [0.4, 0.5) is 0 Å². The van der Waals surface area contributed by atoms with Crippen LogP contribution in [0.1, 0.15) is 50.5 Å². The number of phenols is 1. The monoisotopic (exact) mass is 706 g/mol. The average Bonchev–Trinajstić information content (AvgIpc) is 3.54. The number of carbonyl (C=O) groups excluding carboxylic acids is 7. The molecular weight excluding hydrogens is 664 g/mol. The lowest BCUT2D eigenvalue weighted by Gasteiger charge is -2.29. The van der Waals surface area contributed by atoms with E-state index in [0.29, 0.717) is 12.0 Å². The normalized spacial score (nSPS) is 16.2. The lowest BCUT2D eigenvalue weighted by atomic mass is 10.0. The van der Waals surface area contributed by atoms with E-state index >= 15 is 0 Å². The van der Waals surface area contributed by atoms with Crippen LogP contribution in [0.2, 0.25) is 0 Å². The zero-order chi connectivity index (χ0) is 37.5. The lowest BCUT2D eigenvalue weighted by Crippen LogP contribution is -2.57. The first kappa shape index (κ1) is 40.4. The molecule has 5 atom stereocenters. The molecule has 7 amide bonds. The summed E-state index contributed by atoms with van der Waals surface area (Å²) in [5, 5.41) is 37.2. The van der Waals surface area contributed by atoms with Crippen molar-refractivity contribution in [1.29, 1.82) is 0 Å². The van der Waals surface area contributed by atoms with Gasteiger partial charge >= 0.3 is 11.9 Å². The molecule has 13 N–H and O–H groups in total. The molecule has 0 spiro atoms. The number of carboxylic acid groups (broad SMARTS) is 2. The third kappa shape index (κ3) is 13.4. The number of benzene rings is 1. The first-order valence-corrected chi connectivity index (χ1v) is 15.5. The Balaban J connectivity index is 2.19. The highest BCUT2D eigenvalue weighted by Gasteiger charge is 2.39. The minimum atomic E-state index is -1.63. The van der Waals surface area contributed by atoms with Crippen LogP contribution < -0.4 is 38.5 Å². The second-order valence-corrected chi connectivity index (χ2v) is 11.6. The number of nitrogens with one attached hydrogen (secondary N) is 4. The SMILES string of the molecule is NC(=O)CC[C@H](NC(=O)[C@@H](N)CCC(=O)O)C(=O)NCC(=O)N[C@@H](Cc1ccc(O)cc1)C(=O)N1CCC[C@H]1C(=O)N[C@@H](CC(N)=O)C(=O)O. The summed E-state index contributed by atoms with van der Waals surface area (Å²) in [4.78, 5) is 111. The van der Waals surface area contributed by atoms with Crippen LogP contribution in [-0.2, 0) is 49.6 Å². The minimum Gasteiger partial charge on any atom is -0.508 e. The van der Waals surface area contributed by atoms with Gasteiger partial charge in [-0.3, -0.25) is 38.4 Å². The van der Waals surface area contributed by atoms with Gasteiger partial charge in [0.05, 0.1) is 19.0 Å². The Hall–Kier alpha value is -5.79. The predicted octanol–water partition coefficient (Wildman–Crippen LogP) is -4.09. The number of rotatable bonds is 20. The number of hydrogen-bond acceptors (Lipinski definition) is 11. The van der Waals surface area contributed by atoms with Gasteiger partial charge in [0.2, 0.25) is 41.4 Å². The molecular formula is C30H42N8O12. The Morgan fingerprint density at radius 2 is 1.48 bits per heavy atom. The second-order valence-electron chi connectivity index (χ2n) is 11.6. The van der Waals surface area contributed by atoms with Gasteiger partial charge in [0.25, 0.3) is 0 Å². The number of carboxylic acids is 2. The van der Waals surface area contributed by atoms with Gasteiger partial charge in [0.1, 0.15) is 29.9 Å². The zero-order valence-corrected chi connectivity index (χ0v) is 27.0. The molecule has 1 aliphatic heterocycles. The number of amides is 7. The van der Waals surface area contributed by atoms with E-state index < -0.39 is 103 Å². The molecule has 0 unspecified atom stereocenters. The van der Waals surface area contributed by atoms with Crippen molar-refractivity contribution < 1.29 is 58.5 Å². The topological polar surface area (TPSA) is 344 Å². The van der Waals surface area contributed by atoms with Gasteiger partial charge in [-0.25, -0.2) is 4.79 Å². The number of phenolic OH excluding ortho intramolecular Hbond substituents is 1. The minimum absolute atomic E-state index is 0.0654. The Morgan fingerprint density at radius 3 is 2.06 bits per heavy atom. The van der Waals surface area contributed by atoms with Crippen LogP contribution in [0.5, 0.6) is 5.75 Å². The first-order valence-electron chi connectivity index (χ1n) is 15.5. The van der Waals surface area contributed by atoms with Gasteiger partial charge in [0.15, 0.2) is 0 Å². The number of aliphatic carboxylic acids is 2. The maximum atomic E-state index is 13.8. The zero-order valence-electron chi connectivity index (χ0n) is 27.0. The van der Waals surface area contributed by atoms with Crippen LogP contribution in [0.15, 0.2) is 24.3 Å². The number of primary amides is 2. The molecule has 1 heterocycles. The van der Waals surface area contributed by atoms with Crippen LogP contribution in [0.25, 0.3) is 0 Å². The summed E-state index contributed by atoms with van der Waals surface area (Å²) in [6.07, 6.45) is -1.58. The summed E-state index contributed by atoms with van der Waals surface area (Å²) < 4.78 is 0. The van der Waals surface area contributed by atoms with E-state index in [2.05, 4.69) is 21.3 Å². The average molecular weight is 707 g/mol. The summed E-state index contributed by atoms with van der Waals surface area (Å²) in [5.74, 6) is -8.77. The van der Waals surface area contributed by atoms with Crippen molar-refractivity contribution in [3.8, 4) is 5.75 Å². The molecule has 274 valence electrons. The summed E-state index contributed by atoms with van der Waals surface area (Å²) in [5.41, 5.74) is 16.4. The van der Waals surface area contributed by atoms with Crippen molar-refractivity contribution in [3.05, 3.63) is 29.8 Å². The molecule has 1 aliphatic rings. The molecule has 1 fully saturated rings. The fourth-order valence-electron chi connectivity index (χ4n) is 5.02. The molecule has 0 bridgehead atoms. The van der Waals surface area contributed by atoms with Gasteiger partial charge in [-0.05, 0) is 43.4 Å². The van der Waals surface area contributed by atoms with Gasteiger partial charge in [0, 0.05) is 25.8 Å². The van der Waals surface area contributed by atoms with E-state index in [4.69, 9.17) is 22.3 Å². The largest absolute Gasteiger partial charge is 0.508 e. The van der Waals surface area contributed by atoms with Crippen molar-refractivity contribution in [1.82, 2.24) is 26.2 Å².